The normalized spacial score (nSPS) is 22.9. The SMILES string of the molecule is COC(CN1C(=O)CC2=C(CCC=C2)C2=C1C=CCC2)=C1CC1. The summed E-state index contributed by atoms with van der Waals surface area (Å²) in [5.41, 5.74) is 6.50. The van der Waals surface area contributed by atoms with E-state index in [9.17, 15) is 4.79 Å². The Labute approximate surface area is 137 Å². The fourth-order valence-electron chi connectivity index (χ4n) is 3.81. The first-order valence-corrected chi connectivity index (χ1v) is 8.62. The van der Waals surface area contributed by atoms with Crippen molar-refractivity contribution in [1.29, 1.82) is 0 Å². The highest BCUT2D eigenvalue weighted by Gasteiger charge is 2.31. The third-order valence-electron chi connectivity index (χ3n) is 5.15. The molecule has 0 aromatic carbocycles. The minimum atomic E-state index is 0.191. The number of hydrogen-bond acceptors (Lipinski definition) is 2. The van der Waals surface area contributed by atoms with Crippen molar-refractivity contribution in [3.63, 3.8) is 0 Å². The van der Waals surface area contributed by atoms with E-state index in [1.54, 1.807) is 7.11 Å². The second-order valence-corrected chi connectivity index (χ2v) is 6.64. The summed E-state index contributed by atoms with van der Waals surface area (Å²) in [4.78, 5) is 14.9. The Morgan fingerprint density at radius 2 is 1.83 bits per heavy atom. The second kappa shape index (κ2) is 5.88. The standard InChI is InChI=1S/C20H23NO2/c1-23-19(14-10-11-14)13-21-18-9-5-4-8-17(18)16-7-3-2-6-15(16)12-20(21)22/h2,5-6,9H,3-4,7-8,10-13H2,1H3. The van der Waals surface area contributed by atoms with Gasteiger partial charge in [-0.2, -0.15) is 0 Å². The summed E-state index contributed by atoms with van der Waals surface area (Å²) in [5, 5.41) is 0. The summed E-state index contributed by atoms with van der Waals surface area (Å²) in [7, 11) is 1.72. The maximum Gasteiger partial charge on any atom is 0.231 e. The average molecular weight is 309 g/mol. The molecule has 1 aliphatic heterocycles. The molecule has 1 amide bonds. The Kier molecular flexibility index (Phi) is 3.72. The van der Waals surface area contributed by atoms with E-state index in [1.807, 2.05) is 4.90 Å². The highest BCUT2D eigenvalue weighted by molar-refractivity contribution is 5.84. The van der Waals surface area contributed by atoms with Crippen LogP contribution in [0.2, 0.25) is 0 Å². The predicted molar refractivity (Wildman–Crippen MR) is 90.4 cm³/mol. The molecule has 3 aliphatic carbocycles. The number of amides is 1. The number of fused-ring (bicyclic) bond motifs is 1. The minimum absolute atomic E-state index is 0.191. The molecule has 0 unspecified atom stereocenters. The Balaban J connectivity index is 1.75. The highest BCUT2D eigenvalue weighted by Crippen LogP contribution is 2.39. The van der Waals surface area contributed by atoms with E-state index in [0.29, 0.717) is 13.0 Å². The molecule has 0 atom stereocenters. The van der Waals surface area contributed by atoms with Crippen molar-refractivity contribution in [2.75, 3.05) is 13.7 Å². The van der Waals surface area contributed by atoms with E-state index in [2.05, 4.69) is 24.3 Å². The van der Waals surface area contributed by atoms with Crippen LogP contribution in [0.3, 0.4) is 0 Å². The lowest BCUT2D eigenvalue weighted by Gasteiger charge is -2.27. The highest BCUT2D eigenvalue weighted by atomic mass is 16.5. The fourth-order valence-corrected chi connectivity index (χ4v) is 3.81. The zero-order valence-electron chi connectivity index (χ0n) is 13.7. The molecule has 0 bridgehead atoms. The topological polar surface area (TPSA) is 29.5 Å². The summed E-state index contributed by atoms with van der Waals surface area (Å²) >= 11 is 0. The van der Waals surface area contributed by atoms with Gasteiger partial charge in [0.05, 0.1) is 20.1 Å². The lowest BCUT2D eigenvalue weighted by molar-refractivity contribution is -0.128. The monoisotopic (exact) mass is 309 g/mol. The predicted octanol–water partition coefficient (Wildman–Crippen LogP) is 4.16. The quantitative estimate of drug-likeness (QED) is 0.733. The van der Waals surface area contributed by atoms with Crippen LogP contribution in [0, 0.1) is 0 Å². The van der Waals surface area contributed by atoms with Crippen molar-refractivity contribution in [3.05, 3.63) is 58.1 Å². The molecule has 0 radical (unpaired) electrons. The summed E-state index contributed by atoms with van der Waals surface area (Å²) in [6.07, 6.45) is 15.7. The van der Waals surface area contributed by atoms with Crippen LogP contribution in [0.15, 0.2) is 58.1 Å². The molecule has 0 aromatic heterocycles. The van der Waals surface area contributed by atoms with E-state index in [4.69, 9.17) is 4.74 Å². The molecule has 120 valence electrons. The van der Waals surface area contributed by atoms with Gasteiger partial charge in [-0.15, -0.1) is 0 Å². The van der Waals surface area contributed by atoms with Gasteiger partial charge < -0.3 is 9.64 Å². The Morgan fingerprint density at radius 3 is 2.57 bits per heavy atom. The summed E-state index contributed by atoms with van der Waals surface area (Å²) in [6, 6.07) is 0. The van der Waals surface area contributed by atoms with Gasteiger partial charge >= 0.3 is 0 Å². The molecule has 4 rings (SSSR count). The van der Waals surface area contributed by atoms with Gasteiger partial charge in [-0.1, -0.05) is 18.2 Å². The van der Waals surface area contributed by atoms with Crippen LogP contribution < -0.4 is 0 Å². The zero-order chi connectivity index (χ0) is 15.8. The minimum Gasteiger partial charge on any atom is -0.499 e. The van der Waals surface area contributed by atoms with E-state index in [-0.39, 0.29) is 5.91 Å². The molecule has 23 heavy (non-hydrogen) atoms. The average Bonchev–Trinajstić information content (AvgIpc) is 3.41. The van der Waals surface area contributed by atoms with Crippen molar-refractivity contribution in [1.82, 2.24) is 4.90 Å². The first-order chi connectivity index (χ1) is 11.3. The first kappa shape index (κ1) is 14.6. The van der Waals surface area contributed by atoms with E-state index < -0.39 is 0 Å². The number of ether oxygens (including phenoxy) is 1. The zero-order valence-corrected chi connectivity index (χ0v) is 13.7. The van der Waals surface area contributed by atoms with Crippen LogP contribution in [-0.2, 0) is 9.53 Å². The number of rotatable bonds is 3. The van der Waals surface area contributed by atoms with Crippen LogP contribution in [0.25, 0.3) is 0 Å². The Morgan fingerprint density at radius 1 is 1.09 bits per heavy atom. The summed E-state index contributed by atoms with van der Waals surface area (Å²) in [5.74, 6) is 1.18. The van der Waals surface area contributed by atoms with Gasteiger partial charge in [-0.05, 0) is 66.9 Å². The molecule has 1 fully saturated rings. The van der Waals surface area contributed by atoms with Crippen molar-refractivity contribution in [2.45, 2.75) is 44.9 Å². The molecule has 4 aliphatic rings. The Bertz CT molecular complexity index is 697. The van der Waals surface area contributed by atoms with Gasteiger partial charge in [0.2, 0.25) is 5.91 Å². The van der Waals surface area contributed by atoms with Crippen molar-refractivity contribution in [3.8, 4) is 0 Å². The van der Waals surface area contributed by atoms with Gasteiger partial charge in [-0.3, -0.25) is 4.79 Å². The van der Waals surface area contributed by atoms with Crippen LogP contribution in [-0.4, -0.2) is 24.5 Å². The maximum absolute atomic E-state index is 12.9. The van der Waals surface area contributed by atoms with E-state index in [1.165, 1.54) is 22.3 Å². The lowest BCUT2D eigenvalue weighted by atomic mass is 9.86. The number of hydrogen-bond donors (Lipinski definition) is 0. The van der Waals surface area contributed by atoms with Crippen LogP contribution in [0.4, 0.5) is 0 Å². The molecule has 1 saturated carbocycles. The van der Waals surface area contributed by atoms with Crippen molar-refractivity contribution >= 4 is 5.91 Å². The summed E-state index contributed by atoms with van der Waals surface area (Å²) < 4.78 is 5.58. The smallest absolute Gasteiger partial charge is 0.231 e. The Hall–Kier alpha value is -2.03. The fraction of sp³-hybridized carbons (Fsp3) is 0.450. The van der Waals surface area contributed by atoms with Crippen LogP contribution in [0.1, 0.15) is 44.9 Å². The van der Waals surface area contributed by atoms with Gasteiger partial charge in [0, 0.05) is 5.70 Å². The van der Waals surface area contributed by atoms with Crippen molar-refractivity contribution < 1.29 is 9.53 Å². The molecule has 1 heterocycles. The van der Waals surface area contributed by atoms with Crippen LogP contribution >= 0.6 is 0 Å². The number of carbonyl (C=O) groups is 1. The molecule has 0 saturated heterocycles. The number of carbonyl (C=O) groups excluding carboxylic acids is 1. The van der Waals surface area contributed by atoms with Gasteiger partial charge in [0.15, 0.2) is 0 Å². The van der Waals surface area contributed by atoms with E-state index in [0.717, 1.165) is 50.0 Å². The number of nitrogens with zero attached hydrogens (tertiary/aromatic N) is 1. The third kappa shape index (κ3) is 2.69. The molecular weight excluding hydrogens is 286 g/mol. The summed E-state index contributed by atoms with van der Waals surface area (Å²) in [6.45, 7) is 0.581. The van der Waals surface area contributed by atoms with Gasteiger partial charge in [-0.25, -0.2) is 0 Å². The molecule has 3 nitrogen and oxygen atoms in total. The molecular formula is C20H23NO2. The first-order valence-electron chi connectivity index (χ1n) is 8.62. The van der Waals surface area contributed by atoms with Gasteiger partial charge in [0.25, 0.3) is 0 Å². The lowest BCUT2D eigenvalue weighted by Crippen LogP contribution is -2.32. The van der Waals surface area contributed by atoms with Crippen LogP contribution in [0.5, 0.6) is 0 Å². The number of methoxy groups -OCH3 is 1. The van der Waals surface area contributed by atoms with Gasteiger partial charge in [0.1, 0.15) is 5.76 Å². The molecule has 0 aromatic rings. The maximum atomic E-state index is 12.9. The number of allylic oxidation sites excluding steroid dienone is 7. The molecule has 0 spiro atoms. The largest absolute Gasteiger partial charge is 0.499 e. The molecule has 0 N–H and O–H groups in total. The van der Waals surface area contributed by atoms with Crippen molar-refractivity contribution in [2.24, 2.45) is 0 Å². The molecule has 3 heteroatoms. The second-order valence-electron chi connectivity index (χ2n) is 6.64. The third-order valence-corrected chi connectivity index (χ3v) is 5.15. The van der Waals surface area contributed by atoms with E-state index >= 15 is 0 Å².